The van der Waals surface area contributed by atoms with Crippen LogP contribution in [0.4, 0.5) is 4.79 Å². The summed E-state index contributed by atoms with van der Waals surface area (Å²) in [6.45, 7) is 5.83. The van der Waals surface area contributed by atoms with Gasteiger partial charge in [-0.15, -0.1) is 5.10 Å². The van der Waals surface area contributed by atoms with E-state index in [9.17, 15) is 9.59 Å². The van der Waals surface area contributed by atoms with Crippen molar-refractivity contribution in [1.29, 1.82) is 0 Å². The molecule has 2 N–H and O–H groups in total. The number of urea groups is 1. The number of aliphatic carboxylic acids is 1. The van der Waals surface area contributed by atoms with Crippen LogP contribution in [0, 0.1) is 5.41 Å². The van der Waals surface area contributed by atoms with Crippen molar-refractivity contribution in [1.82, 2.24) is 25.2 Å². The van der Waals surface area contributed by atoms with Gasteiger partial charge in [0.25, 0.3) is 0 Å². The predicted octanol–water partition coefficient (Wildman–Crippen LogP) is 0.694. The molecule has 1 aromatic heterocycles. The Balaban J connectivity index is 1.83. The number of carbonyl (C=O) groups excluding carboxylic acids is 1. The zero-order valence-corrected chi connectivity index (χ0v) is 12.4. The van der Waals surface area contributed by atoms with E-state index in [1.807, 2.05) is 4.90 Å². The lowest BCUT2D eigenvalue weighted by atomic mass is 9.84. The lowest BCUT2D eigenvalue weighted by Crippen LogP contribution is -2.47. The predicted molar refractivity (Wildman–Crippen MR) is 74.5 cm³/mol. The summed E-state index contributed by atoms with van der Waals surface area (Å²) in [7, 11) is 0. The Morgan fingerprint density at radius 1 is 1.48 bits per heavy atom. The molecule has 0 bridgehead atoms. The van der Waals surface area contributed by atoms with Gasteiger partial charge in [0.15, 0.2) is 0 Å². The maximum absolute atomic E-state index is 12.1. The van der Waals surface area contributed by atoms with Crippen molar-refractivity contribution in [3.05, 3.63) is 11.9 Å². The van der Waals surface area contributed by atoms with Crippen LogP contribution in [0.15, 0.2) is 6.20 Å². The molecular weight excluding hydrogens is 274 g/mol. The standard InChI is InChI=1S/C13H21N5O3/c1-13(2)4-3-5-17(9-13)12(21)14-6-10-7-18(16-15-10)8-11(19)20/h7H,3-6,8-9H2,1-2H3,(H,14,21)(H,19,20). The van der Waals surface area contributed by atoms with Crippen LogP contribution in [0.1, 0.15) is 32.4 Å². The van der Waals surface area contributed by atoms with E-state index in [2.05, 4.69) is 29.5 Å². The molecule has 2 heterocycles. The van der Waals surface area contributed by atoms with Gasteiger partial charge in [-0.2, -0.15) is 0 Å². The Morgan fingerprint density at radius 3 is 2.90 bits per heavy atom. The number of carboxylic acids is 1. The largest absolute Gasteiger partial charge is 0.480 e. The highest BCUT2D eigenvalue weighted by Gasteiger charge is 2.28. The van der Waals surface area contributed by atoms with Gasteiger partial charge in [0.2, 0.25) is 0 Å². The molecule has 1 saturated heterocycles. The van der Waals surface area contributed by atoms with Gasteiger partial charge in [-0.05, 0) is 18.3 Å². The average Bonchev–Trinajstić information content (AvgIpc) is 2.81. The molecule has 0 saturated carbocycles. The van der Waals surface area contributed by atoms with Crippen LogP contribution in [0.25, 0.3) is 0 Å². The van der Waals surface area contributed by atoms with Gasteiger partial charge in [-0.1, -0.05) is 19.1 Å². The number of rotatable bonds is 4. The lowest BCUT2D eigenvalue weighted by molar-refractivity contribution is -0.137. The summed E-state index contributed by atoms with van der Waals surface area (Å²) >= 11 is 0. The second kappa shape index (κ2) is 6.11. The molecule has 1 aliphatic heterocycles. The number of piperidine rings is 1. The van der Waals surface area contributed by atoms with Gasteiger partial charge in [0.05, 0.1) is 12.7 Å². The highest BCUT2D eigenvalue weighted by atomic mass is 16.4. The molecule has 0 unspecified atom stereocenters. The molecule has 1 aromatic rings. The van der Waals surface area contributed by atoms with E-state index in [-0.39, 0.29) is 24.5 Å². The molecule has 0 aliphatic carbocycles. The molecule has 1 aliphatic rings. The topological polar surface area (TPSA) is 100 Å². The maximum atomic E-state index is 12.1. The summed E-state index contributed by atoms with van der Waals surface area (Å²) in [6.07, 6.45) is 3.66. The highest BCUT2D eigenvalue weighted by molar-refractivity contribution is 5.74. The number of nitrogens with zero attached hydrogens (tertiary/aromatic N) is 4. The summed E-state index contributed by atoms with van der Waals surface area (Å²) in [5.41, 5.74) is 0.695. The van der Waals surface area contributed by atoms with E-state index < -0.39 is 5.97 Å². The van der Waals surface area contributed by atoms with Crippen molar-refractivity contribution < 1.29 is 14.7 Å². The number of amides is 2. The SMILES string of the molecule is CC1(C)CCCN(C(=O)NCc2cn(CC(=O)O)nn2)C1. The first-order valence-electron chi connectivity index (χ1n) is 6.99. The molecule has 8 nitrogen and oxygen atoms in total. The molecule has 0 aromatic carbocycles. The number of nitrogens with one attached hydrogen (secondary N) is 1. The fourth-order valence-corrected chi connectivity index (χ4v) is 2.51. The van der Waals surface area contributed by atoms with E-state index in [4.69, 9.17) is 5.11 Å². The van der Waals surface area contributed by atoms with Gasteiger partial charge < -0.3 is 15.3 Å². The van der Waals surface area contributed by atoms with Gasteiger partial charge in [0.1, 0.15) is 12.2 Å². The number of aromatic nitrogens is 3. The second-order valence-corrected chi connectivity index (χ2v) is 6.15. The van der Waals surface area contributed by atoms with E-state index >= 15 is 0 Å². The van der Waals surface area contributed by atoms with Crippen molar-refractivity contribution in [2.75, 3.05) is 13.1 Å². The van der Waals surface area contributed by atoms with Crippen molar-refractivity contribution >= 4 is 12.0 Å². The van der Waals surface area contributed by atoms with Crippen LogP contribution in [-0.4, -0.2) is 50.1 Å². The molecular formula is C13H21N5O3. The maximum Gasteiger partial charge on any atom is 0.325 e. The molecule has 2 rings (SSSR count). The minimum Gasteiger partial charge on any atom is -0.480 e. The van der Waals surface area contributed by atoms with Gasteiger partial charge in [-0.3, -0.25) is 4.79 Å². The van der Waals surface area contributed by atoms with Crippen LogP contribution in [-0.2, 0) is 17.9 Å². The van der Waals surface area contributed by atoms with Crippen LogP contribution >= 0.6 is 0 Å². The van der Waals surface area contributed by atoms with Crippen LogP contribution < -0.4 is 5.32 Å². The fourth-order valence-electron chi connectivity index (χ4n) is 2.51. The normalized spacial score (nSPS) is 17.5. The first-order valence-corrected chi connectivity index (χ1v) is 6.99. The number of hydrogen-bond donors (Lipinski definition) is 2. The van der Waals surface area contributed by atoms with Crippen LogP contribution in [0.3, 0.4) is 0 Å². The second-order valence-electron chi connectivity index (χ2n) is 6.15. The van der Waals surface area contributed by atoms with Gasteiger partial charge in [0, 0.05) is 13.1 Å². The summed E-state index contributed by atoms with van der Waals surface area (Å²) in [5.74, 6) is -0.981. The molecule has 116 valence electrons. The van der Waals surface area contributed by atoms with Crippen molar-refractivity contribution in [2.45, 2.75) is 39.8 Å². The smallest absolute Gasteiger partial charge is 0.325 e. The zero-order valence-electron chi connectivity index (χ0n) is 12.4. The van der Waals surface area contributed by atoms with E-state index in [0.717, 1.165) is 25.9 Å². The Hall–Kier alpha value is -2.12. The first-order chi connectivity index (χ1) is 9.85. The minimum atomic E-state index is -0.981. The van der Waals surface area contributed by atoms with E-state index in [1.165, 1.54) is 10.9 Å². The summed E-state index contributed by atoms with van der Waals surface area (Å²) in [4.78, 5) is 24.5. The molecule has 0 spiro atoms. The third-order valence-electron chi connectivity index (χ3n) is 3.49. The lowest BCUT2D eigenvalue weighted by Gasteiger charge is -2.37. The first kappa shape index (κ1) is 15.3. The number of carboxylic acid groups (broad SMARTS) is 1. The van der Waals surface area contributed by atoms with E-state index in [1.54, 1.807) is 0 Å². The number of carbonyl (C=O) groups is 2. The molecule has 0 atom stereocenters. The van der Waals surface area contributed by atoms with Crippen molar-refractivity contribution in [3.8, 4) is 0 Å². The highest BCUT2D eigenvalue weighted by Crippen LogP contribution is 2.28. The zero-order chi connectivity index (χ0) is 15.5. The third-order valence-corrected chi connectivity index (χ3v) is 3.49. The van der Waals surface area contributed by atoms with Crippen LogP contribution in [0.2, 0.25) is 0 Å². The Kier molecular flexibility index (Phi) is 4.44. The summed E-state index contributed by atoms with van der Waals surface area (Å²) in [5, 5.41) is 19.0. The third kappa shape index (κ3) is 4.44. The van der Waals surface area contributed by atoms with Gasteiger partial charge in [-0.25, -0.2) is 9.48 Å². The molecule has 2 amide bonds. The molecule has 21 heavy (non-hydrogen) atoms. The summed E-state index contributed by atoms with van der Waals surface area (Å²) < 4.78 is 1.23. The molecule has 1 fully saturated rings. The minimum absolute atomic E-state index is 0.115. The number of likely N-dealkylation sites (tertiary alicyclic amines) is 1. The van der Waals surface area contributed by atoms with Gasteiger partial charge >= 0.3 is 12.0 Å². The Morgan fingerprint density at radius 2 is 2.24 bits per heavy atom. The number of hydrogen-bond acceptors (Lipinski definition) is 4. The quantitative estimate of drug-likeness (QED) is 0.851. The van der Waals surface area contributed by atoms with Crippen molar-refractivity contribution in [3.63, 3.8) is 0 Å². The average molecular weight is 295 g/mol. The monoisotopic (exact) mass is 295 g/mol. The Labute approximate surface area is 123 Å². The fraction of sp³-hybridized carbons (Fsp3) is 0.692. The van der Waals surface area contributed by atoms with Crippen molar-refractivity contribution in [2.24, 2.45) is 5.41 Å². The Bertz CT molecular complexity index is 526. The summed E-state index contributed by atoms with van der Waals surface area (Å²) in [6, 6.07) is -0.115. The van der Waals surface area contributed by atoms with E-state index in [0.29, 0.717) is 5.69 Å². The molecule has 0 radical (unpaired) electrons. The van der Waals surface area contributed by atoms with Crippen LogP contribution in [0.5, 0.6) is 0 Å². The molecule has 8 heteroatoms.